The van der Waals surface area contributed by atoms with Gasteiger partial charge < -0.3 is 19.4 Å². The number of hydrogen-bond acceptors (Lipinski definition) is 3. The van der Waals surface area contributed by atoms with Crippen LogP contribution in [0.2, 0.25) is 0 Å². The number of rotatable bonds is 8. The van der Waals surface area contributed by atoms with Crippen molar-refractivity contribution in [2.75, 3.05) is 11.9 Å². The highest BCUT2D eigenvalue weighted by atomic mass is 16.5. The van der Waals surface area contributed by atoms with E-state index in [9.17, 15) is 4.79 Å². The molecule has 0 unspecified atom stereocenters. The Kier molecular flexibility index (Phi) is 6.73. The molecule has 1 heterocycles. The van der Waals surface area contributed by atoms with E-state index in [0.29, 0.717) is 37.1 Å². The highest BCUT2D eigenvalue weighted by Crippen LogP contribution is 2.25. The number of hydrogen-bond donors (Lipinski definition) is 1. The normalized spacial score (nSPS) is 10.7. The number of para-hydroxylation sites is 2. The smallest absolute Gasteiger partial charge is 0.322 e. The standard InChI is InChI=1S/C23H26N2O3/c1-18(2)17-28-22-13-7-6-12-21(22)24-23(26)25(16-20-11-8-14-27-20)15-19-9-4-3-5-10-19/h3-14,18H,15-17H2,1-2H3,(H,24,26). The van der Waals surface area contributed by atoms with Crippen LogP contribution in [-0.2, 0) is 13.1 Å². The van der Waals surface area contributed by atoms with Crippen molar-refractivity contribution in [1.82, 2.24) is 4.90 Å². The van der Waals surface area contributed by atoms with Crippen molar-refractivity contribution in [2.45, 2.75) is 26.9 Å². The van der Waals surface area contributed by atoms with Crippen molar-refractivity contribution in [1.29, 1.82) is 0 Å². The van der Waals surface area contributed by atoms with E-state index in [1.165, 1.54) is 0 Å². The molecule has 3 rings (SSSR count). The summed E-state index contributed by atoms with van der Waals surface area (Å²) in [7, 11) is 0. The van der Waals surface area contributed by atoms with Gasteiger partial charge in [0.1, 0.15) is 11.5 Å². The van der Waals surface area contributed by atoms with Crippen LogP contribution in [0.3, 0.4) is 0 Å². The van der Waals surface area contributed by atoms with Crippen LogP contribution in [0.15, 0.2) is 77.4 Å². The highest BCUT2D eigenvalue weighted by molar-refractivity contribution is 5.90. The largest absolute Gasteiger partial charge is 0.491 e. The van der Waals surface area contributed by atoms with E-state index >= 15 is 0 Å². The lowest BCUT2D eigenvalue weighted by atomic mass is 10.2. The Morgan fingerprint density at radius 2 is 1.75 bits per heavy atom. The van der Waals surface area contributed by atoms with Crippen LogP contribution < -0.4 is 10.1 Å². The Balaban J connectivity index is 1.75. The molecule has 28 heavy (non-hydrogen) atoms. The molecule has 3 aromatic rings. The summed E-state index contributed by atoms with van der Waals surface area (Å²) >= 11 is 0. The topological polar surface area (TPSA) is 54.7 Å². The monoisotopic (exact) mass is 378 g/mol. The van der Waals surface area contributed by atoms with Gasteiger partial charge in [0.15, 0.2) is 0 Å². The van der Waals surface area contributed by atoms with Crippen LogP contribution in [0.5, 0.6) is 5.75 Å². The summed E-state index contributed by atoms with van der Waals surface area (Å²) in [5, 5.41) is 2.99. The molecule has 146 valence electrons. The second-order valence-corrected chi connectivity index (χ2v) is 7.05. The minimum absolute atomic E-state index is 0.208. The summed E-state index contributed by atoms with van der Waals surface area (Å²) < 4.78 is 11.3. The molecular formula is C23H26N2O3. The zero-order valence-electron chi connectivity index (χ0n) is 16.3. The van der Waals surface area contributed by atoms with Crippen molar-refractivity contribution >= 4 is 11.7 Å². The summed E-state index contributed by atoms with van der Waals surface area (Å²) in [6, 6.07) is 20.9. The van der Waals surface area contributed by atoms with Gasteiger partial charge in [-0.2, -0.15) is 0 Å². The zero-order valence-corrected chi connectivity index (χ0v) is 16.3. The van der Waals surface area contributed by atoms with Gasteiger partial charge in [-0.05, 0) is 35.7 Å². The van der Waals surface area contributed by atoms with E-state index in [1.54, 1.807) is 11.2 Å². The number of amides is 2. The maximum Gasteiger partial charge on any atom is 0.322 e. The Labute approximate surface area is 165 Å². The molecule has 1 aromatic heterocycles. The van der Waals surface area contributed by atoms with Gasteiger partial charge in [-0.25, -0.2) is 4.79 Å². The van der Waals surface area contributed by atoms with E-state index in [2.05, 4.69) is 19.2 Å². The van der Waals surface area contributed by atoms with Crippen LogP contribution >= 0.6 is 0 Å². The molecule has 0 fully saturated rings. The minimum Gasteiger partial charge on any atom is -0.491 e. The fourth-order valence-corrected chi connectivity index (χ4v) is 2.74. The van der Waals surface area contributed by atoms with E-state index in [4.69, 9.17) is 9.15 Å². The van der Waals surface area contributed by atoms with Gasteiger partial charge in [0.05, 0.1) is 25.1 Å². The molecule has 0 aliphatic heterocycles. The molecule has 0 spiro atoms. The molecule has 5 nitrogen and oxygen atoms in total. The van der Waals surface area contributed by atoms with Gasteiger partial charge in [-0.15, -0.1) is 0 Å². The van der Waals surface area contributed by atoms with Gasteiger partial charge >= 0.3 is 6.03 Å². The molecule has 2 amide bonds. The predicted molar refractivity (Wildman–Crippen MR) is 110 cm³/mol. The first-order valence-electron chi connectivity index (χ1n) is 9.46. The van der Waals surface area contributed by atoms with Crippen molar-refractivity contribution in [3.8, 4) is 5.75 Å². The van der Waals surface area contributed by atoms with E-state index in [1.807, 2.05) is 66.7 Å². The fraction of sp³-hybridized carbons (Fsp3) is 0.261. The maximum atomic E-state index is 13.1. The third-order valence-electron chi connectivity index (χ3n) is 4.13. The third-order valence-corrected chi connectivity index (χ3v) is 4.13. The van der Waals surface area contributed by atoms with Crippen LogP contribution in [0, 0.1) is 5.92 Å². The van der Waals surface area contributed by atoms with E-state index < -0.39 is 0 Å². The Bertz CT molecular complexity index is 861. The lowest BCUT2D eigenvalue weighted by Gasteiger charge is -2.23. The van der Waals surface area contributed by atoms with Crippen LogP contribution in [0.4, 0.5) is 10.5 Å². The van der Waals surface area contributed by atoms with Gasteiger partial charge in [0.2, 0.25) is 0 Å². The summed E-state index contributed by atoms with van der Waals surface area (Å²) in [6.07, 6.45) is 1.61. The predicted octanol–water partition coefficient (Wildman–Crippen LogP) is 5.55. The molecule has 5 heteroatoms. The lowest BCUT2D eigenvalue weighted by Crippen LogP contribution is -2.34. The molecule has 0 saturated heterocycles. The number of benzene rings is 2. The van der Waals surface area contributed by atoms with Crippen molar-refractivity contribution in [3.63, 3.8) is 0 Å². The number of ether oxygens (including phenoxy) is 1. The maximum absolute atomic E-state index is 13.1. The number of nitrogens with zero attached hydrogens (tertiary/aromatic N) is 1. The first kappa shape index (κ1) is 19.5. The molecule has 0 atom stereocenters. The number of anilines is 1. The minimum atomic E-state index is -0.208. The van der Waals surface area contributed by atoms with Crippen LogP contribution in [-0.4, -0.2) is 17.5 Å². The Morgan fingerprint density at radius 1 is 1.00 bits per heavy atom. The second-order valence-electron chi connectivity index (χ2n) is 7.05. The van der Waals surface area contributed by atoms with E-state index in [-0.39, 0.29) is 6.03 Å². The SMILES string of the molecule is CC(C)COc1ccccc1NC(=O)N(Cc1ccccc1)Cc1ccco1. The zero-order chi connectivity index (χ0) is 19.8. The van der Waals surface area contributed by atoms with Gasteiger partial charge in [-0.1, -0.05) is 56.3 Å². The highest BCUT2D eigenvalue weighted by Gasteiger charge is 2.18. The quantitative estimate of drug-likeness (QED) is 0.559. The number of urea groups is 1. The van der Waals surface area contributed by atoms with Gasteiger partial charge in [-0.3, -0.25) is 0 Å². The van der Waals surface area contributed by atoms with E-state index in [0.717, 1.165) is 11.3 Å². The van der Waals surface area contributed by atoms with Crippen LogP contribution in [0.25, 0.3) is 0 Å². The first-order chi connectivity index (χ1) is 13.6. The van der Waals surface area contributed by atoms with Crippen molar-refractivity contribution in [2.24, 2.45) is 5.92 Å². The van der Waals surface area contributed by atoms with Crippen molar-refractivity contribution in [3.05, 3.63) is 84.3 Å². The Morgan fingerprint density at radius 3 is 2.46 bits per heavy atom. The number of furan rings is 1. The molecule has 0 radical (unpaired) electrons. The molecule has 0 saturated carbocycles. The fourth-order valence-electron chi connectivity index (χ4n) is 2.74. The molecule has 0 bridgehead atoms. The second kappa shape index (κ2) is 9.65. The summed E-state index contributed by atoms with van der Waals surface area (Å²) in [6.45, 7) is 5.62. The number of carbonyl (C=O) groups excluding carboxylic acids is 1. The van der Waals surface area contributed by atoms with Crippen LogP contribution in [0.1, 0.15) is 25.2 Å². The summed E-state index contributed by atoms with van der Waals surface area (Å²) in [5.41, 5.74) is 1.71. The first-order valence-corrected chi connectivity index (χ1v) is 9.46. The molecule has 1 N–H and O–H groups in total. The average molecular weight is 378 g/mol. The van der Waals surface area contributed by atoms with Gasteiger partial charge in [0.25, 0.3) is 0 Å². The number of carbonyl (C=O) groups is 1. The molecule has 0 aliphatic carbocycles. The average Bonchev–Trinajstić information content (AvgIpc) is 3.20. The van der Waals surface area contributed by atoms with Gasteiger partial charge in [0, 0.05) is 6.54 Å². The van der Waals surface area contributed by atoms with Crippen molar-refractivity contribution < 1.29 is 13.9 Å². The third kappa shape index (κ3) is 5.64. The summed E-state index contributed by atoms with van der Waals surface area (Å²) in [5.74, 6) is 1.80. The molecular weight excluding hydrogens is 352 g/mol. The Hall–Kier alpha value is -3.21. The lowest BCUT2D eigenvalue weighted by molar-refractivity contribution is 0.201. The summed E-state index contributed by atoms with van der Waals surface area (Å²) in [4.78, 5) is 14.8. The molecule has 0 aliphatic rings. The molecule has 2 aromatic carbocycles. The number of nitrogens with one attached hydrogen (secondary N) is 1.